The molecule has 18 heavy (non-hydrogen) atoms. The predicted molar refractivity (Wildman–Crippen MR) is 68.3 cm³/mol. The first-order valence-electron chi connectivity index (χ1n) is 5.71. The number of likely N-dealkylation sites (N-methyl/N-ethyl adjacent to an activating group) is 1. The number of hydrogen-bond acceptors (Lipinski definition) is 3. The molecule has 0 aliphatic carbocycles. The number of carbonyl (C=O) groups excluding carboxylic acids is 2. The molecule has 0 fully saturated rings. The van der Waals surface area contributed by atoms with Crippen LogP contribution in [0.15, 0.2) is 30.3 Å². The van der Waals surface area contributed by atoms with Gasteiger partial charge in [-0.05, 0) is 12.1 Å². The molecule has 0 atom stereocenters. The fraction of sp³-hybridized carbons (Fsp3) is 0.385. The van der Waals surface area contributed by atoms with Gasteiger partial charge in [0.25, 0.3) is 5.91 Å². The Bertz CT molecular complexity index is 392. The first-order valence-corrected chi connectivity index (χ1v) is 5.71. The zero-order chi connectivity index (χ0) is 13.4. The third kappa shape index (κ3) is 4.55. The zero-order valence-corrected chi connectivity index (χ0v) is 10.7. The van der Waals surface area contributed by atoms with Crippen LogP contribution >= 0.6 is 0 Å². The molecule has 0 spiro atoms. The molecular formula is C13H18N2O3. The van der Waals surface area contributed by atoms with Crippen LogP contribution in [0.5, 0.6) is 0 Å². The number of benzene rings is 1. The largest absolute Gasteiger partial charge is 0.383 e. The number of carbonyl (C=O) groups is 2. The smallest absolute Gasteiger partial charge is 0.254 e. The van der Waals surface area contributed by atoms with Crippen molar-refractivity contribution in [3.8, 4) is 0 Å². The van der Waals surface area contributed by atoms with E-state index < -0.39 is 0 Å². The summed E-state index contributed by atoms with van der Waals surface area (Å²) in [5.74, 6) is -0.365. The Labute approximate surface area is 107 Å². The fourth-order valence-corrected chi connectivity index (χ4v) is 1.44. The molecule has 1 aromatic rings. The lowest BCUT2D eigenvalue weighted by Gasteiger charge is -2.16. The number of amides is 2. The third-order valence-corrected chi connectivity index (χ3v) is 2.38. The summed E-state index contributed by atoms with van der Waals surface area (Å²) in [6, 6.07) is 8.87. The van der Waals surface area contributed by atoms with Crippen LogP contribution in [0, 0.1) is 0 Å². The van der Waals surface area contributed by atoms with E-state index in [1.54, 1.807) is 38.4 Å². The van der Waals surface area contributed by atoms with Crippen LogP contribution < -0.4 is 5.32 Å². The summed E-state index contributed by atoms with van der Waals surface area (Å²) in [4.78, 5) is 24.8. The first kappa shape index (κ1) is 14.2. The number of ether oxygens (including phenoxy) is 1. The van der Waals surface area contributed by atoms with E-state index in [1.807, 2.05) is 6.07 Å². The van der Waals surface area contributed by atoms with Crippen molar-refractivity contribution in [1.82, 2.24) is 10.2 Å². The number of nitrogens with one attached hydrogen (secondary N) is 1. The standard InChI is InChI=1S/C13H18N2O3/c1-15(10-12(16)14-8-9-18-2)13(17)11-6-4-3-5-7-11/h3-7H,8-10H2,1-2H3,(H,14,16). The summed E-state index contributed by atoms with van der Waals surface area (Å²) >= 11 is 0. The molecule has 5 nitrogen and oxygen atoms in total. The van der Waals surface area contributed by atoms with E-state index in [9.17, 15) is 9.59 Å². The lowest BCUT2D eigenvalue weighted by molar-refractivity contribution is -0.121. The topological polar surface area (TPSA) is 58.6 Å². The van der Waals surface area contributed by atoms with Crippen molar-refractivity contribution in [3.05, 3.63) is 35.9 Å². The zero-order valence-electron chi connectivity index (χ0n) is 10.7. The molecule has 0 aromatic heterocycles. The van der Waals surface area contributed by atoms with Crippen molar-refractivity contribution < 1.29 is 14.3 Å². The maximum Gasteiger partial charge on any atom is 0.254 e. The van der Waals surface area contributed by atoms with Gasteiger partial charge in [-0.15, -0.1) is 0 Å². The Hall–Kier alpha value is -1.88. The van der Waals surface area contributed by atoms with Gasteiger partial charge in [-0.1, -0.05) is 18.2 Å². The minimum Gasteiger partial charge on any atom is -0.383 e. The maximum absolute atomic E-state index is 11.9. The average molecular weight is 250 g/mol. The van der Waals surface area contributed by atoms with Crippen molar-refractivity contribution in [2.75, 3.05) is 33.9 Å². The van der Waals surface area contributed by atoms with Crippen LogP contribution in [-0.4, -0.2) is 50.6 Å². The average Bonchev–Trinajstić information content (AvgIpc) is 2.39. The highest BCUT2D eigenvalue weighted by molar-refractivity contribution is 5.96. The Morgan fingerprint density at radius 1 is 1.28 bits per heavy atom. The van der Waals surface area contributed by atoms with E-state index >= 15 is 0 Å². The van der Waals surface area contributed by atoms with Gasteiger partial charge in [0, 0.05) is 26.3 Å². The molecule has 0 heterocycles. The molecule has 0 saturated carbocycles. The van der Waals surface area contributed by atoms with Crippen molar-refractivity contribution in [2.45, 2.75) is 0 Å². The number of hydrogen-bond donors (Lipinski definition) is 1. The van der Waals surface area contributed by atoms with Gasteiger partial charge < -0.3 is 15.0 Å². The van der Waals surface area contributed by atoms with E-state index in [0.717, 1.165) is 0 Å². The van der Waals surface area contributed by atoms with E-state index in [2.05, 4.69) is 5.32 Å². The molecule has 0 unspecified atom stereocenters. The minimum atomic E-state index is -0.196. The highest BCUT2D eigenvalue weighted by atomic mass is 16.5. The summed E-state index contributed by atoms with van der Waals surface area (Å²) in [6.45, 7) is 0.947. The monoisotopic (exact) mass is 250 g/mol. The van der Waals surface area contributed by atoms with Gasteiger partial charge in [-0.25, -0.2) is 0 Å². The molecule has 0 aliphatic heterocycles. The van der Waals surface area contributed by atoms with Crippen LogP contribution in [0.3, 0.4) is 0 Å². The van der Waals surface area contributed by atoms with E-state index in [1.165, 1.54) is 4.90 Å². The highest BCUT2D eigenvalue weighted by Crippen LogP contribution is 2.02. The number of methoxy groups -OCH3 is 1. The quantitative estimate of drug-likeness (QED) is 0.749. The van der Waals surface area contributed by atoms with Crippen molar-refractivity contribution in [3.63, 3.8) is 0 Å². The van der Waals surface area contributed by atoms with Crippen molar-refractivity contribution >= 4 is 11.8 Å². The lowest BCUT2D eigenvalue weighted by Crippen LogP contribution is -2.39. The van der Waals surface area contributed by atoms with Gasteiger partial charge in [-0.2, -0.15) is 0 Å². The van der Waals surface area contributed by atoms with E-state index in [-0.39, 0.29) is 18.4 Å². The molecule has 5 heteroatoms. The highest BCUT2D eigenvalue weighted by Gasteiger charge is 2.13. The predicted octanol–water partition coefficient (Wildman–Crippen LogP) is 0.521. The SMILES string of the molecule is COCCNC(=O)CN(C)C(=O)c1ccccc1. The summed E-state index contributed by atoms with van der Waals surface area (Å²) in [5.41, 5.74) is 0.574. The normalized spacial score (nSPS) is 9.89. The minimum absolute atomic E-state index is 0.0391. The number of rotatable bonds is 6. The second kappa shape index (κ2) is 7.45. The summed E-state index contributed by atoms with van der Waals surface area (Å²) in [6.07, 6.45) is 0. The molecule has 0 saturated heterocycles. The van der Waals surface area contributed by atoms with Gasteiger partial charge in [0.2, 0.25) is 5.91 Å². The second-order valence-corrected chi connectivity index (χ2v) is 3.87. The molecule has 0 aliphatic rings. The van der Waals surface area contributed by atoms with Crippen LogP contribution in [-0.2, 0) is 9.53 Å². The third-order valence-electron chi connectivity index (χ3n) is 2.38. The molecule has 0 bridgehead atoms. The van der Waals surface area contributed by atoms with Crippen LogP contribution in [0.4, 0.5) is 0 Å². The van der Waals surface area contributed by atoms with Gasteiger partial charge in [-0.3, -0.25) is 9.59 Å². The van der Waals surface area contributed by atoms with E-state index in [0.29, 0.717) is 18.7 Å². The molecule has 1 N–H and O–H groups in total. The molecule has 0 radical (unpaired) electrons. The van der Waals surface area contributed by atoms with Crippen LogP contribution in [0.25, 0.3) is 0 Å². The summed E-state index contributed by atoms with van der Waals surface area (Å²) in [7, 11) is 3.17. The van der Waals surface area contributed by atoms with Gasteiger partial charge in [0.15, 0.2) is 0 Å². The van der Waals surface area contributed by atoms with Gasteiger partial charge >= 0.3 is 0 Å². The fourth-order valence-electron chi connectivity index (χ4n) is 1.44. The molecule has 2 amide bonds. The van der Waals surface area contributed by atoms with Crippen molar-refractivity contribution in [2.24, 2.45) is 0 Å². The molecule has 1 rings (SSSR count). The molecule has 1 aromatic carbocycles. The van der Waals surface area contributed by atoms with Gasteiger partial charge in [0.1, 0.15) is 0 Å². The molecular weight excluding hydrogens is 232 g/mol. The number of nitrogens with zero attached hydrogens (tertiary/aromatic N) is 1. The first-order chi connectivity index (χ1) is 8.65. The Balaban J connectivity index is 2.43. The molecule has 98 valence electrons. The van der Waals surface area contributed by atoms with Crippen LogP contribution in [0.2, 0.25) is 0 Å². The lowest BCUT2D eigenvalue weighted by atomic mass is 10.2. The maximum atomic E-state index is 11.9. The van der Waals surface area contributed by atoms with Crippen LogP contribution in [0.1, 0.15) is 10.4 Å². The summed E-state index contributed by atoms with van der Waals surface area (Å²) < 4.78 is 4.82. The Morgan fingerprint density at radius 3 is 2.56 bits per heavy atom. The summed E-state index contributed by atoms with van der Waals surface area (Å²) in [5, 5.41) is 2.66. The Morgan fingerprint density at radius 2 is 1.94 bits per heavy atom. The Kier molecular flexibility index (Phi) is 5.87. The van der Waals surface area contributed by atoms with Gasteiger partial charge in [0.05, 0.1) is 13.2 Å². The second-order valence-electron chi connectivity index (χ2n) is 3.87. The van der Waals surface area contributed by atoms with E-state index in [4.69, 9.17) is 4.74 Å². The van der Waals surface area contributed by atoms with Crippen molar-refractivity contribution in [1.29, 1.82) is 0 Å².